The van der Waals surface area contributed by atoms with Gasteiger partial charge < -0.3 is 19.9 Å². The Morgan fingerprint density at radius 2 is 2.10 bits per heavy atom. The zero-order chi connectivity index (χ0) is 20.6. The van der Waals surface area contributed by atoms with Gasteiger partial charge in [-0.3, -0.25) is 9.59 Å². The van der Waals surface area contributed by atoms with Crippen molar-refractivity contribution in [2.45, 2.75) is 39.7 Å². The molecule has 2 N–H and O–H groups in total. The molecule has 1 unspecified atom stereocenters. The van der Waals surface area contributed by atoms with Gasteiger partial charge in [-0.2, -0.15) is 0 Å². The highest BCUT2D eigenvalue weighted by Gasteiger charge is 2.35. The molecule has 2 aromatic heterocycles. The molecule has 1 saturated heterocycles. The molecule has 0 radical (unpaired) electrons. The molecule has 0 bridgehead atoms. The number of H-pyrrole nitrogens is 1. The van der Waals surface area contributed by atoms with Crippen LogP contribution in [0.1, 0.15) is 53.6 Å². The van der Waals surface area contributed by atoms with Gasteiger partial charge in [0.25, 0.3) is 5.91 Å². The van der Waals surface area contributed by atoms with Crippen molar-refractivity contribution < 1.29 is 9.53 Å². The lowest BCUT2D eigenvalue weighted by Crippen LogP contribution is -2.40. The number of nitrogens with zero attached hydrogens (tertiary/aromatic N) is 3. The van der Waals surface area contributed by atoms with E-state index in [2.05, 4.69) is 34.0 Å². The number of aromatic amines is 1. The van der Waals surface area contributed by atoms with Gasteiger partial charge in [-0.25, -0.2) is 9.97 Å². The molecule has 8 nitrogen and oxygen atoms in total. The van der Waals surface area contributed by atoms with Crippen molar-refractivity contribution in [3.8, 4) is 0 Å². The first-order valence-electron chi connectivity index (χ1n) is 10.0. The number of morpholine rings is 1. The van der Waals surface area contributed by atoms with E-state index in [0.29, 0.717) is 19.2 Å². The molecule has 1 atom stereocenters. The van der Waals surface area contributed by atoms with Crippen LogP contribution in [-0.4, -0.2) is 47.2 Å². The monoisotopic (exact) mass is 397 g/mol. The number of hydrogen-bond acceptors (Lipinski definition) is 6. The number of aryl methyl sites for hydroxylation is 1. The van der Waals surface area contributed by atoms with Crippen LogP contribution in [0.25, 0.3) is 0 Å². The number of amides is 1. The first-order chi connectivity index (χ1) is 13.8. The van der Waals surface area contributed by atoms with Crippen molar-refractivity contribution >= 4 is 11.9 Å². The first kappa shape index (κ1) is 19.6. The van der Waals surface area contributed by atoms with E-state index in [1.807, 2.05) is 6.20 Å². The molecule has 154 valence electrons. The molecule has 29 heavy (non-hydrogen) atoms. The predicted octanol–water partition coefficient (Wildman–Crippen LogP) is 1.75. The second-order valence-corrected chi connectivity index (χ2v) is 8.64. The number of anilines is 1. The van der Waals surface area contributed by atoms with Crippen LogP contribution in [0.2, 0.25) is 0 Å². The summed E-state index contributed by atoms with van der Waals surface area (Å²) in [6.45, 7) is 9.03. The fourth-order valence-corrected chi connectivity index (χ4v) is 4.07. The van der Waals surface area contributed by atoms with Crippen LogP contribution in [0.5, 0.6) is 0 Å². The number of carbonyl (C=O) groups excluding carboxylic acids is 1. The number of pyridine rings is 1. The summed E-state index contributed by atoms with van der Waals surface area (Å²) in [5, 5.41) is 3.03. The van der Waals surface area contributed by atoms with E-state index in [1.165, 1.54) is 12.3 Å². The number of hydrogen-bond donors (Lipinski definition) is 2. The first-order valence-corrected chi connectivity index (χ1v) is 10.0. The summed E-state index contributed by atoms with van der Waals surface area (Å²) in [5.74, 6) is 0.335. The average molecular weight is 397 g/mol. The number of carbonyl (C=O) groups is 1. The van der Waals surface area contributed by atoms with E-state index < -0.39 is 0 Å². The Morgan fingerprint density at radius 1 is 1.34 bits per heavy atom. The lowest BCUT2D eigenvalue weighted by atomic mass is 9.74. The van der Waals surface area contributed by atoms with E-state index in [0.717, 1.165) is 42.9 Å². The van der Waals surface area contributed by atoms with Crippen LogP contribution < -0.4 is 15.6 Å². The Bertz CT molecular complexity index is 979. The number of aromatic nitrogens is 3. The lowest BCUT2D eigenvalue weighted by Gasteiger charge is -2.37. The Balaban J connectivity index is 1.61. The van der Waals surface area contributed by atoms with E-state index in [1.54, 1.807) is 6.92 Å². The Kier molecular flexibility index (Phi) is 5.12. The van der Waals surface area contributed by atoms with Crippen LogP contribution in [0.4, 0.5) is 5.95 Å². The van der Waals surface area contributed by atoms with Crippen molar-refractivity contribution in [3.05, 3.63) is 51.2 Å². The molecule has 1 aliphatic carbocycles. The maximum absolute atomic E-state index is 12.8. The highest BCUT2D eigenvalue weighted by atomic mass is 16.5. The molecule has 0 aromatic carbocycles. The smallest absolute Gasteiger partial charge is 0.257 e. The molecule has 4 rings (SSSR count). The third-order valence-electron chi connectivity index (χ3n) is 5.57. The second-order valence-electron chi connectivity index (χ2n) is 8.64. The van der Waals surface area contributed by atoms with Gasteiger partial charge in [0, 0.05) is 42.8 Å². The van der Waals surface area contributed by atoms with Crippen LogP contribution >= 0.6 is 0 Å². The second kappa shape index (κ2) is 7.59. The highest BCUT2D eigenvalue weighted by Crippen LogP contribution is 2.40. The fourth-order valence-electron chi connectivity index (χ4n) is 4.07. The zero-order valence-corrected chi connectivity index (χ0v) is 17.1. The third kappa shape index (κ3) is 4.17. The fraction of sp³-hybridized carbons (Fsp3) is 0.524. The van der Waals surface area contributed by atoms with E-state index >= 15 is 0 Å². The molecule has 2 aliphatic rings. The van der Waals surface area contributed by atoms with Crippen LogP contribution in [0.3, 0.4) is 0 Å². The summed E-state index contributed by atoms with van der Waals surface area (Å²) in [6.07, 6.45) is 4.88. The van der Waals surface area contributed by atoms with Crippen LogP contribution in [0, 0.1) is 12.3 Å². The largest absolute Gasteiger partial charge is 0.378 e. The quantitative estimate of drug-likeness (QED) is 0.819. The van der Waals surface area contributed by atoms with E-state index in [-0.39, 0.29) is 28.4 Å². The van der Waals surface area contributed by atoms with Gasteiger partial charge in [0.1, 0.15) is 5.56 Å². The number of nitrogens with one attached hydrogen (secondary N) is 2. The van der Waals surface area contributed by atoms with Gasteiger partial charge in [0.2, 0.25) is 5.95 Å². The number of ether oxygens (including phenoxy) is 1. The molecule has 0 spiro atoms. The number of fused-ring (bicyclic) bond motifs is 1. The summed E-state index contributed by atoms with van der Waals surface area (Å²) < 4.78 is 5.41. The summed E-state index contributed by atoms with van der Waals surface area (Å²) in [5.41, 5.74) is 2.42. The minimum absolute atomic E-state index is 0.0265. The van der Waals surface area contributed by atoms with E-state index in [9.17, 15) is 9.59 Å². The minimum atomic E-state index is -0.378. The van der Waals surface area contributed by atoms with E-state index in [4.69, 9.17) is 9.72 Å². The molecule has 2 aromatic rings. The van der Waals surface area contributed by atoms with Crippen molar-refractivity contribution in [2.24, 2.45) is 5.41 Å². The van der Waals surface area contributed by atoms with Gasteiger partial charge in [0.05, 0.1) is 24.9 Å². The summed E-state index contributed by atoms with van der Waals surface area (Å²) >= 11 is 0. The molecule has 3 heterocycles. The van der Waals surface area contributed by atoms with Gasteiger partial charge in [-0.15, -0.1) is 0 Å². The van der Waals surface area contributed by atoms with Crippen molar-refractivity contribution in [1.29, 1.82) is 0 Å². The van der Waals surface area contributed by atoms with Gasteiger partial charge in [-0.1, -0.05) is 13.8 Å². The van der Waals surface area contributed by atoms with Crippen molar-refractivity contribution in [2.75, 3.05) is 31.2 Å². The average Bonchev–Trinajstić information content (AvgIpc) is 2.67. The summed E-state index contributed by atoms with van der Waals surface area (Å²) in [4.78, 5) is 39.4. The SMILES string of the molecule is Cc1cc(=O)c(C(=O)NC2CC(C)(C)Cc3nc(N4CCOCC4)ncc32)c[nH]1. The molecular weight excluding hydrogens is 370 g/mol. The Labute approximate surface area is 169 Å². The predicted molar refractivity (Wildman–Crippen MR) is 109 cm³/mol. The molecule has 1 amide bonds. The van der Waals surface area contributed by atoms with Crippen LogP contribution in [0.15, 0.2) is 23.3 Å². The third-order valence-corrected chi connectivity index (χ3v) is 5.57. The minimum Gasteiger partial charge on any atom is -0.378 e. The maximum Gasteiger partial charge on any atom is 0.257 e. The van der Waals surface area contributed by atoms with Gasteiger partial charge in [-0.05, 0) is 25.2 Å². The molecule has 0 saturated carbocycles. The van der Waals surface area contributed by atoms with Gasteiger partial charge in [0.15, 0.2) is 5.43 Å². The normalized spacial score (nSPS) is 20.8. The number of rotatable bonds is 3. The molecule has 1 aliphatic heterocycles. The van der Waals surface area contributed by atoms with Gasteiger partial charge >= 0.3 is 0 Å². The standard InChI is InChI=1S/C21H27N5O3/c1-13-8-18(27)15(12-22-13)19(28)24-16-9-21(2,3)10-17-14(16)11-23-20(25-17)26-4-6-29-7-5-26/h8,11-12,16H,4-7,9-10H2,1-3H3,(H,22,27)(H,24,28). The summed E-state index contributed by atoms with van der Waals surface area (Å²) in [6, 6.07) is 1.20. The van der Waals surface area contributed by atoms with Crippen molar-refractivity contribution in [1.82, 2.24) is 20.3 Å². The van der Waals surface area contributed by atoms with Crippen molar-refractivity contribution in [3.63, 3.8) is 0 Å². The molecular formula is C21H27N5O3. The lowest BCUT2D eigenvalue weighted by molar-refractivity contribution is 0.0917. The zero-order valence-electron chi connectivity index (χ0n) is 17.1. The highest BCUT2D eigenvalue weighted by molar-refractivity contribution is 5.94. The Hall–Kier alpha value is -2.74. The molecule has 8 heteroatoms. The topological polar surface area (TPSA) is 100 Å². The Morgan fingerprint density at radius 3 is 2.83 bits per heavy atom. The summed E-state index contributed by atoms with van der Waals surface area (Å²) in [7, 11) is 0. The van der Waals surface area contributed by atoms with Crippen LogP contribution in [-0.2, 0) is 11.2 Å². The maximum atomic E-state index is 12.8. The molecule has 1 fully saturated rings.